The van der Waals surface area contributed by atoms with Crippen molar-refractivity contribution in [2.24, 2.45) is 0 Å². The Kier molecular flexibility index (Phi) is 3.56. The van der Waals surface area contributed by atoms with Crippen molar-refractivity contribution in [3.05, 3.63) is 48.0 Å². The zero-order valence-electron chi connectivity index (χ0n) is 10.5. The van der Waals surface area contributed by atoms with Crippen LogP contribution in [0.1, 0.15) is 10.4 Å². The van der Waals surface area contributed by atoms with Crippen LogP contribution in [0.5, 0.6) is 5.75 Å². The molecular formula is C14H15N3O2. The van der Waals surface area contributed by atoms with E-state index in [9.17, 15) is 4.79 Å². The molecule has 5 nitrogen and oxygen atoms in total. The van der Waals surface area contributed by atoms with Gasteiger partial charge in [-0.25, -0.2) is 0 Å². The average Bonchev–Trinajstić information content (AvgIpc) is 2.42. The van der Waals surface area contributed by atoms with Crippen LogP contribution in [0.4, 0.5) is 17.1 Å². The molecule has 0 aromatic heterocycles. The highest BCUT2D eigenvalue weighted by Gasteiger charge is 2.07. The minimum Gasteiger partial charge on any atom is -0.497 e. The van der Waals surface area contributed by atoms with Crippen molar-refractivity contribution in [1.82, 2.24) is 0 Å². The largest absolute Gasteiger partial charge is 0.497 e. The number of carbonyl (C=O) groups is 1. The fourth-order valence-corrected chi connectivity index (χ4v) is 1.59. The number of nitrogens with two attached hydrogens (primary N) is 2. The summed E-state index contributed by atoms with van der Waals surface area (Å²) in [4.78, 5) is 12.0. The van der Waals surface area contributed by atoms with E-state index in [0.717, 1.165) is 5.75 Å². The number of amides is 1. The number of nitrogen functional groups attached to an aromatic ring is 2. The highest BCUT2D eigenvalue weighted by atomic mass is 16.5. The van der Waals surface area contributed by atoms with Crippen molar-refractivity contribution >= 4 is 23.0 Å². The minimum absolute atomic E-state index is 0.239. The standard InChI is InChI=1S/C14H15N3O2/c1-19-11-5-3-10(4-6-11)17-14(18)9-2-7-12(15)13(16)8-9/h2-8H,15-16H2,1H3,(H,17,18). The third-order valence-corrected chi connectivity index (χ3v) is 2.70. The lowest BCUT2D eigenvalue weighted by Crippen LogP contribution is -2.12. The second-order valence-corrected chi connectivity index (χ2v) is 4.03. The van der Waals surface area contributed by atoms with E-state index in [4.69, 9.17) is 16.2 Å². The van der Waals surface area contributed by atoms with Gasteiger partial charge in [-0.15, -0.1) is 0 Å². The third kappa shape index (κ3) is 2.95. The molecule has 5 heteroatoms. The van der Waals surface area contributed by atoms with E-state index < -0.39 is 0 Å². The lowest BCUT2D eigenvalue weighted by molar-refractivity contribution is 0.102. The quantitative estimate of drug-likeness (QED) is 0.734. The van der Waals surface area contributed by atoms with Crippen LogP contribution in [0.25, 0.3) is 0 Å². The van der Waals surface area contributed by atoms with Crippen LogP contribution in [-0.4, -0.2) is 13.0 Å². The summed E-state index contributed by atoms with van der Waals surface area (Å²) in [5, 5.41) is 2.77. The molecule has 5 N–H and O–H groups in total. The molecule has 0 aliphatic rings. The van der Waals surface area contributed by atoms with Gasteiger partial charge in [0.1, 0.15) is 5.75 Å². The fraction of sp³-hybridized carbons (Fsp3) is 0.0714. The summed E-state index contributed by atoms with van der Waals surface area (Å²) in [7, 11) is 1.59. The summed E-state index contributed by atoms with van der Waals surface area (Å²) < 4.78 is 5.04. The first-order chi connectivity index (χ1) is 9.10. The molecule has 0 saturated heterocycles. The molecule has 2 aromatic carbocycles. The lowest BCUT2D eigenvalue weighted by atomic mass is 10.1. The van der Waals surface area contributed by atoms with Gasteiger partial charge < -0.3 is 21.5 Å². The van der Waals surface area contributed by atoms with E-state index in [2.05, 4.69) is 5.32 Å². The second-order valence-electron chi connectivity index (χ2n) is 4.03. The van der Waals surface area contributed by atoms with Gasteiger partial charge in [0.2, 0.25) is 0 Å². The number of benzene rings is 2. The topological polar surface area (TPSA) is 90.4 Å². The van der Waals surface area contributed by atoms with Gasteiger partial charge in [-0.1, -0.05) is 0 Å². The Morgan fingerprint density at radius 3 is 2.32 bits per heavy atom. The monoisotopic (exact) mass is 257 g/mol. The molecule has 2 rings (SSSR count). The van der Waals surface area contributed by atoms with Crippen molar-refractivity contribution in [3.63, 3.8) is 0 Å². The van der Waals surface area contributed by atoms with Crippen LogP contribution in [-0.2, 0) is 0 Å². The molecule has 2 aromatic rings. The fourth-order valence-electron chi connectivity index (χ4n) is 1.59. The number of hydrogen-bond donors (Lipinski definition) is 3. The highest BCUT2D eigenvalue weighted by molar-refractivity contribution is 6.05. The van der Waals surface area contributed by atoms with Gasteiger partial charge >= 0.3 is 0 Å². The minimum atomic E-state index is -0.239. The third-order valence-electron chi connectivity index (χ3n) is 2.70. The average molecular weight is 257 g/mol. The van der Waals surface area contributed by atoms with E-state index in [1.54, 1.807) is 49.6 Å². The Morgan fingerprint density at radius 2 is 1.74 bits per heavy atom. The van der Waals surface area contributed by atoms with Gasteiger partial charge in [-0.3, -0.25) is 4.79 Å². The van der Waals surface area contributed by atoms with E-state index in [0.29, 0.717) is 22.6 Å². The molecule has 0 heterocycles. The normalized spacial score (nSPS) is 9.95. The number of ether oxygens (including phenoxy) is 1. The summed E-state index contributed by atoms with van der Waals surface area (Å²) in [5.41, 5.74) is 13.3. The van der Waals surface area contributed by atoms with Crippen molar-refractivity contribution in [2.75, 3.05) is 23.9 Å². The Morgan fingerprint density at radius 1 is 1.05 bits per heavy atom. The summed E-state index contributed by atoms with van der Waals surface area (Å²) in [6.45, 7) is 0. The first-order valence-electron chi connectivity index (χ1n) is 5.70. The van der Waals surface area contributed by atoms with Crippen molar-refractivity contribution in [1.29, 1.82) is 0 Å². The molecular weight excluding hydrogens is 242 g/mol. The van der Waals surface area contributed by atoms with Crippen LogP contribution >= 0.6 is 0 Å². The molecule has 0 saturated carbocycles. The van der Waals surface area contributed by atoms with Gasteiger partial charge in [0.25, 0.3) is 5.91 Å². The van der Waals surface area contributed by atoms with Gasteiger partial charge in [0.15, 0.2) is 0 Å². The van der Waals surface area contributed by atoms with Crippen LogP contribution in [0.15, 0.2) is 42.5 Å². The summed E-state index contributed by atoms with van der Waals surface area (Å²) >= 11 is 0. The maximum Gasteiger partial charge on any atom is 0.255 e. The molecule has 0 radical (unpaired) electrons. The first-order valence-corrected chi connectivity index (χ1v) is 5.70. The number of carbonyl (C=O) groups excluding carboxylic acids is 1. The van der Waals surface area contributed by atoms with Gasteiger partial charge in [-0.05, 0) is 42.5 Å². The predicted molar refractivity (Wildman–Crippen MR) is 76.2 cm³/mol. The molecule has 19 heavy (non-hydrogen) atoms. The molecule has 0 aliphatic carbocycles. The molecule has 0 atom stereocenters. The van der Waals surface area contributed by atoms with Crippen molar-refractivity contribution in [2.45, 2.75) is 0 Å². The zero-order valence-corrected chi connectivity index (χ0v) is 10.5. The molecule has 0 unspecified atom stereocenters. The van der Waals surface area contributed by atoms with E-state index in [-0.39, 0.29) is 5.91 Å². The molecule has 98 valence electrons. The first kappa shape index (κ1) is 12.8. The Labute approximate surface area is 111 Å². The van der Waals surface area contributed by atoms with E-state index >= 15 is 0 Å². The summed E-state index contributed by atoms with van der Waals surface area (Å²) in [6.07, 6.45) is 0. The van der Waals surface area contributed by atoms with Gasteiger partial charge in [0, 0.05) is 11.3 Å². The van der Waals surface area contributed by atoms with Crippen LogP contribution in [0, 0.1) is 0 Å². The number of rotatable bonds is 3. The van der Waals surface area contributed by atoms with Gasteiger partial charge in [0.05, 0.1) is 18.5 Å². The predicted octanol–water partition coefficient (Wildman–Crippen LogP) is 2.11. The summed E-state index contributed by atoms with van der Waals surface area (Å²) in [5.74, 6) is 0.492. The van der Waals surface area contributed by atoms with Crippen LogP contribution < -0.4 is 21.5 Å². The number of anilines is 3. The SMILES string of the molecule is COc1ccc(NC(=O)c2ccc(N)c(N)c2)cc1. The zero-order chi connectivity index (χ0) is 13.8. The van der Waals surface area contributed by atoms with Crippen LogP contribution in [0.3, 0.4) is 0 Å². The maximum atomic E-state index is 12.0. The number of nitrogens with one attached hydrogen (secondary N) is 1. The maximum absolute atomic E-state index is 12.0. The van der Waals surface area contributed by atoms with Crippen molar-refractivity contribution in [3.8, 4) is 5.75 Å². The Hall–Kier alpha value is -2.69. The molecule has 0 fully saturated rings. The van der Waals surface area contributed by atoms with E-state index in [1.807, 2.05) is 0 Å². The van der Waals surface area contributed by atoms with Crippen molar-refractivity contribution < 1.29 is 9.53 Å². The lowest BCUT2D eigenvalue weighted by Gasteiger charge is -2.07. The van der Waals surface area contributed by atoms with Crippen LogP contribution in [0.2, 0.25) is 0 Å². The Bertz CT molecular complexity index is 594. The molecule has 0 bridgehead atoms. The molecule has 0 aliphatic heterocycles. The van der Waals surface area contributed by atoms with Gasteiger partial charge in [-0.2, -0.15) is 0 Å². The summed E-state index contributed by atoms with van der Waals surface area (Å²) in [6, 6.07) is 11.9. The number of methoxy groups -OCH3 is 1. The molecule has 1 amide bonds. The highest BCUT2D eigenvalue weighted by Crippen LogP contribution is 2.19. The smallest absolute Gasteiger partial charge is 0.255 e. The van der Waals surface area contributed by atoms with E-state index in [1.165, 1.54) is 0 Å². The number of hydrogen-bond acceptors (Lipinski definition) is 4. The second kappa shape index (κ2) is 5.30. The Balaban J connectivity index is 2.13. The molecule has 0 spiro atoms.